The first kappa shape index (κ1) is 29.6. The fraction of sp³-hybridized carbons (Fsp3) is 0.571. The van der Waals surface area contributed by atoms with Crippen LogP contribution in [0.25, 0.3) is 5.69 Å². The van der Waals surface area contributed by atoms with E-state index in [4.69, 9.17) is 16.2 Å². The molecule has 218 valence electrons. The second kappa shape index (κ2) is 10.9. The molecule has 2 aliphatic carbocycles. The van der Waals surface area contributed by atoms with Crippen LogP contribution in [0.4, 0.5) is 18.9 Å². The number of anilines is 1. The number of aromatic nitrogens is 2. The van der Waals surface area contributed by atoms with Gasteiger partial charge in [0.2, 0.25) is 0 Å². The molecule has 0 aliphatic heterocycles. The Morgan fingerprint density at radius 2 is 1.80 bits per heavy atom. The minimum absolute atomic E-state index is 0.0103. The van der Waals surface area contributed by atoms with Crippen molar-refractivity contribution in [3.8, 4) is 5.69 Å². The van der Waals surface area contributed by atoms with Gasteiger partial charge in [-0.25, -0.2) is 4.68 Å². The lowest BCUT2D eigenvalue weighted by molar-refractivity contribution is -0.153. The number of alkyl halides is 3. The normalized spacial score (nSPS) is 21.6. The van der Waals surface area contributed by atoms with Gasteiger partial charge in [-0.3, -0.25) is 14.4 Å². The number of ketones is 1. The number of hydrogen-bond donors (Lipinski definition) is 3. The van der Waals surface area contributed by atoms with Gasteiger partial charge >= 0.3 is 12.1 Å². The van der Waals surface area contributed by atoms with E-state index in [9.17, 15) is 27.6 Å². The highest BCUT2D eigenvalue weighted by molar-refractivity contribution is 6.00. The second-order valence-electron chi connectivity index (χ2n) is 11.9. The fourth-order valence-corrected chi connectivity index (χ4v) is 5.42. The summed E-state index contributed by atoms with van der Waals surface area (Å²) in [6.07, 6.45) is -2.46. The van der Waals surface area contributed by atoms with Crippen LogP contribution < -0.4 is 16.8 Å². The van der Waals surface area contributed by atoms with E-state index in [1.807, 2.05) is 27.7 Å². The molecule has 0 unspecified atom stereocenters. The topological polar surface area (TPSA) is 142 Å². The zero-order valence-electron chi connectivity index (χ0n) is 23.1. The number of rotatable bonds is 7. The smallest absolute Gasteiger partial charge is 0.435 e. The van der Waals surface area contributed by atoms with E-state index >= 15 is 0 Å². The maximum Gasteiger partial charge on any atom is 0.435 e. The molecule has 4 rings (SSSR count). The molecule has 1 amide bonds. The maximum absolute atomic E-state index is 13.9. The minimum Gasteiger partial charge on any atom is -0.461 e. The molecule has 12 heteroatoms. The number of carbonyl (C=O) groups is 3. The Morgan fingerprint density at radius 3 is 2.38 bits per heavy atom. The first-order valence-electron chi connectivity index (χ1n) is 13.5. The molecule has 0 spiro atoms. The number of halogens is 3. The van der Waals surface area contributed by atoms with E-state index in [0.29, 0.717) is 31.4 Å². The van der Waals surface area contributed by atoms with Gasteiger partial charge in [0.25, 0.3) is 5.91 Å². The van der Waals surface area contributed by atoms with Crippen LogP contribution in [-0.4, -0.2) is 45.6 Å². The molecule has 0 bridgehead atoms. The average Bonchev–Trinajstić information content (AvgIpc) is 3.23. The van der Waals surface area contributed by atoms with Crippen LogP contribution >= 0.6 is 0 Å². The van der Waals surface area contributed by atoms with Crippen molar-refractivity contribution >= 4 is 23.3 Å². The summed E-state index contributed by atoms with van der Waals surface area (Å²) in [5.41, 5.74) is 10.3. The lowest BCUT2D eigenvalue weighted by Crippen LogP contribution is -2.40. The van der Waals surface area contributed by atoms with Crippen LogP contribution in [0.2, 0.25) is 0 Å². The highest BCUT2D eigenvalue weighted by atomic mass is 19.4. The highest BCUT2D eigenvalue weighted by Gasteiger charge is 2.45. The number of benzene rings is 1. The molecule has 9 nitrogen and oxygen atoms in total. The molecule has 1 saturated carbocycles. The second-order valence-corrected chi connectivity index (χ2v) is 11.9. The molecule has 2 aliphatic rings. The molecule has 1 heterocycles. The Bertz CT molecular complexity index is 1310. The van der Waals surface area contributed by atoms with Crippen molar-refractivity contribution in [1.82, 2.24) is 9.78 Å². The summed E-state index contributed by atoms with van der Waals surface area (Å²) in [7, 11) is 0. The van der Waals surface area contributed by atoms with Gasteiger partial charge < -0.3 is 21.5 Å². The zero-order chi connectivity index (χ0) is 29.6. The van der Waals surface area contributed by atoms with Crippen molar-refractivity contribution in [2.75, 3.05) is 5.32 Å². The summed E-state index contributed by atoms with van der Waals surface area (Å²) in [5.74, 6) is -1.77. The van der Waals surface area contributed by atoms with Crippen LogP contribution in [-0.2, 0) is 22.1 Å². The molecule has 1 atom stereocenters. The van der Waals surface area contributed by atoms with Crippen molar-refractivity contribution in [3.63, 3.8) is 0 Å². The predicted molar refractivity (Wildman–Crippen MR) is 142 cm³/mol. The number of nitrogens with zero attached hydrogens (tertiary/aromatic N) is 2. The van der Waals surface area contributed by atoms with E-state index in [1.54, 1.807) is 0 Å². The number of amides is 1. The lowest BCUT2D eigenvalue weighted by Gasteiger charge is -2.31. The molecule has 0 saturated heterocycles. The Labute approximate surface area is 230 Å². The van der Waals surface area contributed by atoms with Gasteiger partial charge in [0.15, 0.2) is 11.5 Å². The van der Waals surface area contributed by atoms with Crippen LogP contribution in [0, 0.1) is 11.3 Å². The molecule has 40 heavy (non-hydrogen) atoms. The predicted octanol–water partition coefficient (Wildman–Crippen LogP) is 4.39. The Morgan fingerprint density at radius 1 is 1.15 bits per heavy atom. The van der Waals surface area contributed by atoms with Gasteiger partial charge in [-0.2, -0.15) is 18.3 Å². The van der Waals surface area contributed by atoms with Crippen molar-refractivity contribution in [2.45, 2.75) is 90.6 Å². The third kappa shape index (κ3) is 6.16. The molecule has 1 aromatic heterocycles. The van der Waals surface area contributed by atoms with Crippen molar-refractivity contribution in [1.29, 1.82) is 0 Å². The van der Waals surface area contributed by atoms with Crippen molar-refractivity contribution < 1.29 is 32.3 Å². The maximum atomic E-state index is 13.9. The van der Waals surface area contributed by atoms with Gasteiger partial charge in [-0.15, -0.1) is 0 Å². The van der Waals surface area contributed by atoms with Gasteiger partial charge in [0.05, 0.1) is 22.5 Å². The van der Waals surface area contributed by atoms with Crippen LogP contribution in [0.1, 0.15) is 91.9 Å². The molecule has 1 aromatic carbocycles. The number of fused-ring (bicyclic) bond motifs is 1. The summed E-state index contributed by atoms with van der Waals surface area (Å²) >= 11 is 0. The first-order valence-corrected chi connectivity index (χ1v) is 13.5. The number of nitrogens with one attached hydrogen (secondary N) is 1. The number of Topliss-reactive ketones (excluding diaryl/α,β-unsaturated/α-hetero) is 1. The summed E-state index contributed by atoms with van der Waals surface area (Å²) < 4.78 is 48.4. The number of esters is 1. The quantitative estimate of drug-likeness (QED) is 0.424. The lowest BCUT2D eigenvalue weighted by atomic mass is 9.75. The average molecular weight is 564 g/mol. The molecule has 2 aromatic rings. The number of carbonyl (C=O) groups excluding carboxylic acids is 3. The molecular formula is C28H36F3N5O4. The van der Waals surface area contributed by atoms with Crippen molar-refractivity contribution in [2.24, 2.45) is 22.8 Å². The van der Waals surface area contributed by atoms with Crippen LogP contribution in [0.15, 0.2) is 18.2 Å². The van der Waals surface area contributed by atoms with Crippen molar-refractivity contribution in [3.05, 3.63) is 40.7 Å². The van der Waals surface area contributed by atoms with Gasteiger partial charge in [0, 0.05) is 18.2 Å². The highest BCUT2D eigenvalue weighted by Crippen LogP contribution is 2.42. The van der Waals surface area contributed by atoms with E-state index in [0.717, 1.165) is 4.68 Å². The summed E-state index contributed by atoms with van der Waals surface area (Å²) in [6.45, 7) is 7.34. The van der Waals surface area contributed by atoms with E-state index in [2.05, 4.69) is 10.4 Å². The number of primary amides is 1. The summed E-state index contributed by atoms with van der Waals surface area (Å²) in [5, 5.41) is 7.15. The monoisotopic (exact) mass is 563 g/mol. The first-order chi connectivity index (χ1) is 18.6. The van der Waals surface area contributed by atoms with E-state index in [1.165, 1.54) is 18.2 Å². The summed E-state index contributed by atoms with van der Waals surface area (Å²) in [4.78, 5) is 37.2. The molecule has 5 N–H and O–H groups in total. The van der Waals surface area contributed by atoms with Gasteiger partial charge in [0.1, 0.15) is 12.1 Å². The standard InChI is InChI=1S/C28H36F3N5O4/c1-14(2)23(32)26(39)40-17-8-5-15(6-9-17)34-19-11-16(7-10-18(19)25(33)38)36-20-12-27(3,4)13-21(37)22(20)24(35-36)28(29,30)31/h7,10-11,14-15,17,23,34H,5-6,8-9,12-13,32H2,1-4H3,(H2,33,38)/t15?,17?,23-/m0/s1. The third-order valence-electron chi connectivity index (χ3n) is 7.63. The molecule has 1 fully saturated rings. The molecule has 0 radical (unpaired) electrons. The summed E-state index contributed by atoms with van der Waals surface area (Å²) in [6, 6.07) is 3.66. The minimum atomic E-state index is -4.80. The largest absolute Gasteiger partial charge is 0.461 e. The van der Waals surface area contributed by atoms with E-state index in [-0.39, 0.29) is 47.9 Å². The number of hydrogen-bond acceptors (Lipinski definition) is 7. The Hall–Kier alpha value is -3.41. The SMILES string of the molecule is CC(C)[C@H](N)C(=O)OC1CCC(Nc2cc(-n3nc(C(F)(F)F)c4c3CC(C)(C)CC4=O)ccc2C(N)=O)CC1. The van der Waals surface area contributed by atoms with Gasteiger partial charge in [-0.1, -0.05) is 27.7 Å². The number of nitrogens with two attached hydrogens (primary N) is 2. The number of ether oxygens (including phenoxy) is 1. The molecular weight excluding hydrogens is 527 g/mol. The third-order valence-corrected chi connectivity index (χ3v) is 7.63. The van der Waals surface area contributed by atoms with Gasteiger partial charge in [-0.05, 0) is 61.6 Å². The van der Waals surface area contributed by atoms with Crippen LogP contribution in [0.3, 0.4) is 0 Å². The van der Waals surface area contributed by atoms with Crippen LogP contribution in [0.5, 0.6) is 0 Å². The Kier molecular flexibility index (Phi) is 8.04. The zero-order valence-corrected chi connectivity index (χ0v) is 23.1. The van der Waals surface area contributed by atoms with E-state index < -0.39 is 46.6 Å². The fourth-order valence-electron chi connectivity index (χ4n) is 5.42. The Balaban J connectivity index is 1.60.